The fraction of sp³-hybridized carbons (Fsp3) is 0.571. The molecular weight excluding hydrogens is 255 g/mol. The Kier molecular flexibility index (Phi) is 6.31. The Hall–Kier alpha value is -1.07. The molecule has 0 aliphatic carbocycles. The SMILES string of the molecule is CC(CCCC(F)(F)F)NC(CO)c1ccccc1. The zero-order chi connectivity index (χ0) is 14.3. The molecule has 1 rings (SSSR count). The Morgan fingerprint density at radius 2 is 1.84 bits per heavy atom. The van der Waals surface area contributed by atoms with Gasteiger partial charge in [-0.15, -0.1) is 0 Å². The minimum atomic E-state index is -4.09. The van der Waals surface area contributed by atoms with Crippen LogP contribution < -0.4 is 5.32 Å². The van der Waals surface area contributed by atoms with Crippen LogP contribution in [0.1, 0.15) is 37.8 Å². The molecule has 0 heterocycles. The van der Waals surface area contributed by atoms with Crippen molar-refractivity contribution in [2.45, 2.75) is 44.4 Å². The quantitative estimate of drug-likeness (QED) is 0.799. The molecule has 0 aliphatic rings. The zero-order valence-electron chi connectivity index (χ0n) is 11.0. The number of benzene rings is 1. The van der Waals surface area contributed by atoms with E-state index in [0.29, 0.717) is 6.42 Å². The Morgan fingerprint density at radius 3 is 2.37 bits per heavy atom. The lowest BCUT2D eigenvalue weighted by atomic mass is 10.0. The molecule has 108 valence electrons. The maximum Gasteiger partial charge on any atom is 0.389 e. The molecule has 2 unspecified atom stereocenters. The monoisotopic (exact) mass is 275 g/mol. The zero-order valence-corrected chi connectivity index (χ0v) is 11.0. The van der Waals surface area contributed by atoms with Gasteiger partial charge in [-0.05, 0) is 25.3 Å². The number of hydrogen-bond acceptors (Lipinski definition) is 2. The first-order valence-corrected chi connectivity index (χ1v) is 6.41. The van der Waals surface area contributed by atoms with Crippen LogP contribution in [0.4, 0.5) is 13.2 Å². The molecule has 0 bridgehead atoms. The van der Waals surface area contributed by atoms with E-state index in [1.807, 2.05) is 37.3 Å². The van der Waals surface area contributed by atoms with Crippen LogP contribution in [0.5, 0.6) is 0 Å². The van der Waals surface area contributed by atoms with Crippen LogP contribution in [0.2, 0.25) is 0 Å². The molecule has 0 amide bonds. The second-order valence-electron chi connectivity index (χ2n) is 4.72. The van der Waals surface area contributed by atoms with Gasteiger partial charge in [-0.25, -0.2) is 0 Å². The van der Waals surface area contributed by atoms with Gasteiger partial charge in [0.05, 0.1) is 12.6 Å². The molecule has 2 atom stereocenters. The van der Waals surface area contributed by atoms with E-state index < -0.39 is 12.6 Å². The number of rotatable bonds is 7. The number of halogens is 3. The molecule has 0 radical (unpaired) electrons. The Labute approximate surface area is 111 Å². The summed E-state index contributed by atoms with van der Waals surface area (Å²) in [5, 5.41) is 12.5. The van der Waals surface area contributed by atoms with E-state index in [0.717, 1.165) is 5.56 Å². The van der Waals surface area contributed by atoms with Crippen LogP contribution in [0.3, 0.4) is 0 Å². The van der Waals surface area contributed by atoms with Gasteiger partial charge in [0.25, 0.3) is 0 Å². The fourth-order valence-corrected chi connectivity index (χ4v) is 1.98. The van der Waals surface area contributed by atoms with E-state index in [4.69, 9.17) is 0 Å². The van der Waals surface area contributed by atoms with E-state index in [1.54, 1.807) is 0 Å². The molecule has 0 aromatic heterocycles. The highest BCUT2D eigenvalue weighted by Crippen LogP contribution is 2.23. The Bertz CT molecular complexity index is 353. The molecule has 0 saturated carbocycles. The summed E-state index contributed by atoms with van der Waals surface area (Å²) < 4.78 is 36.1. The van der Waals surface area contributed by atoms with Gasteiger partial charge in [0.2, 0.25) is 0 Å². The van der Waals surface area contributed by atoms with Crippen molar-refractivity contribution in [3.63, 3.8) is 0 Å². The first kappa shape index (κ1) is 16.0. The highest BCUT2D eigenvalue weighted by molar-refractivity contribution is 5.19. The number of aliphatic hydroxyl groups is 1. The standard InChI is InChI=1S/C14H20F3NO/c1-11(6-5-9-14(15,16)17)18-13(10-19)12-7-3-2-4-8-12/h2-4,7-8,11,13,18-19H,5-6,9-10H2,1H3. The van der Waals surface area contributed by atoms with Crippen LogP contribution in [-0.4, -0.2) is 23.9 Å². The molecule has 1 aromatic rings. The summed E-state index contributed by atoms with van der Waals surface area (Å²) in [4.78, 5) is 0. The van der Waals surface area contributed by atoms with Gasteiger partial charge in [0, 0.05) is 12.5 Å². The van der Waals surface area contributed by atoms with Gasteiger partial charge in [0.1, 0.15) is 0 Å². The lowest BCUT2D eigenvalue weighted by Crippen LogP contribution is -2.32. The number of aliphatic hydroxyl groups excluding tert-OH is 1. The molecule has 2 N–H and O–H groups in total. The van der Waals surface area contributed by atoms with Gasteiger partial charge >= 0.3 is 6.18 Å². The Morgan fingerprint density at radius 1 is 1.21 bits per heavy atom. The maximum atomic E-state index is 12.0. The molecule has 19 heavy (non-hydrogen) atoms. The summed E-state index contributed by atoms with van der Waals surface area (Å²) >= 11 is 0. The second kappa shape index (κ2) is 7.50. The maximum absolute atomic E-state index is 12.0. The van der Waals surface area contributed by atoms with Gasteiger partial charge in [-0.1, -0.05) is 30.3 Å². The van der Waals surface area contributed by atoms with Crippen molar-refractivity contribution in [2.24, 2.45) is 0 Å². The largest absolute Gasteiger partial charge is 0.394 e. The summed E-state index contributed by atoms with van der Waals surface area (Å²) in [5.74, 6) is 0. The Balaban J connectivity index is 2.39. The average molecular weight is 275 g/mol. The lowest BCUT2D eigenvalue weighted by Gasteiger charge is -2.22. The van der Waals surface area contributed by atoms with Crippen molar-refractivity contribution in [1.82, 2.24) is 5.32 Å². The van der Waals surface area contributed by atoms with Crippen molar-refractivity contribution in [3.8, 4) is 0 Å². The first-order valence-electron chi connectivity index (χ1n) is 6.41. The van der Waals surface area contributed by atoms with Crippen molar-refractivity contribution in [3.05, 3.63) is 35.9 Å². The van der Waals surface area contributed by atoms with Gasteiger partial charge in [-0.3, -0.25) is 0 Å². The van der Waals surface area contributed by atoms with Gasteiger partial charge in [0.15, 0.2) is 0 Å². The summed E-state index contributed by atoms with van der Waals surface area (Å²) in [5.41, 5.74) is 0.938. The van der Waals surface area contributed by atoms with E-state index in [9.17, 15) is 18.3 Å². The normalized spacial score (nSPS) is 15.2. The number of nitrogens with one attached hydrogen (secondary N) is 1. The minimum Gasteiger partial charge on any atom is -0.394 e. The predicted molar refractivity (Wildman–Crippen MR) is 68.8 cm³/mol. The predicted octanol–water partition coefficient (Wildman–Crippen LogP) is 3.43. The third-order valence-electron chi connectivity index (χ3n) is 2.97. The average Bonchev–Trinajstić information content (AvgIpc) is 2.35. The molecule has 1 aromatic carbocycles. The van der Waals surface area contributed by atoms with Gasteiger partial charge in [-0.2, -0.15) is 13.2 Å². The summed E-state index contributed by atoms with van der Waals surface area (Å²) in [6.45, 7) is 1.76. The number of hydrogen-bond donors (Lipinski definition) is 2. The van der Waals surface area contributed by atoms with Crippen LogP contribution >= 0.6 is 0 Å². The second-order valence-corrected chi connectivity index (χ2v) is 4.72. The summed E-state index contributed by atoms with van der Waals surface area (Å²) in [6.07, 6.45) is -4.31. The van der Waals surface area contributed by atoms with E-state index >= 15 is 0 Å². The molecule has 2 nitrogen and oxygen atoms in total. The van der Waals surface area contributed by atoms with Crippen molar-refractivity contribution in [1.29, 1.82) is 0 Å². The molecular formula is C14H20F3NO. The molecule has 0 fully saturated rings. The van der Waals surface area contributed by atoms with Crippen LogP contribution in [0.15, 0.2) is 30.3 Å². The molecule has 0 aliphatic heterocycles. The fourth-order valence-electron chi connectivity index (χ4n) is 1.98. The third-order valence-corrected chi connectivity index (χ3v) is 2.97. The molecule has 5 heteroatoms. The molecule has 0 saturated heterocycles. The highest BCUT2D eigenvalue weighted by atomic mass is 19.4. The summed E-state index contributed by atoms with van der Waals surface area (Å²) in [7, 11) is 0. The van der Waals surface area contributed by atoms with Crippen LogP contribution in [0.25, 0.3) is 0 Å². The van der Waals surface area contributed by atoms with E-state index in [-0.39, 0.29) is 25.1 Å². The third kappa shape index (κ3) is 6.59. The topological polar surface area (TPSA) is 32.3 Å². The van der Waals surface area contributed by atoms with Crippen LogP contribution in [-0.2, 0) is 0 Å². The first-order chi connectivity index (χ1) is 8.92. The van der Waals surface area contributed by atoms with Crippen molar-refractivity contribution < 1.29 is 18.3 Å². The number of alkyl halides is 3. The van der Waals surface area contributed by atoms with Gasteiger partial charge < -0.3 is 10.4 Å². The lowest BCUT2D eigenvalue weighted by molar-refractivity contribution is -0.135. The van der Waals surface area contributed by atoms with Crippen molar-refractivity contribution in [2.75, 3.05) is 6.61 Å². The van der Waals surface area contributed by atoms with E-state index in [2.05, 4.69) is 5.32 Å². The molecule has 0 spiro atoms. The summed E-state index contributed by atoms with van der Waals surface area (Å²) in [6, 6.07) is 9.08. The van der Waals surface area contributed by atoms with Crippen LogP contribution in [0, 0.1) is 0 Å². The van der Waals surface area contributed by atoms with Crippen molar-refractivity contribution >= 4 is 0 Å². The van der Waals surface area contributed by atoms with E-state index in [1.165, 1.54) is 0 Å². The smallest absolute Gasteiger partial charge is 0.389 e. The highest BCUT2D eigenvalue weighted by Gasteiger charge is 2.26. The minimum absolute atomic E-state index is 0.0697.